The van der Waals surface area contributed by atoms with Gasteiger partial charge in [0.15, 0.2) is 5.96 Å². The van der Waals surface area contributed by atoms with Crippen LogP contribution < -0.4 is 10.6 Å². The second-order valence-corrected chi connectivity index (χ2v) is 7.94. The van der Waals surface area contributed by atoms with Crippen LogP contribution in [-0.4, -0.2) is 82.9 Å². The number of benzene rings is 1. The van der Waals surface area contributed by atoms with E-state index in [1.54, 1.807) is 6.33 Å². The van der Waals surface area contributed by atoms with E-state index in [9.17, 15) is 0 Å². The molecule has 2 aromatic rings. The third-order valence-corrected chi connectivity index (χ3v) is 5.62. The SMILES string of the molecule is CCNC(=NCCCN1CCN(Cc2ccccc2)CC1)NCCn1cnnc1CC.I. The largest absolute Gasteiger partial charge is 0.357 e. The molecule has 0 radical (unpaired) electrons. The number of aliphatic imine (C=N–C) groups is 1. The molecule has 0 amide bonds. The fraction of sp³-hybridized carbons (Fsp3) is 0.609. The molecule has 2 N–H and O–H groups in total. The highest BCUT2D eigenvalue weighted by Crippen LogP contribution is 2.08. The van der Waals surface area contributed by atoms with E-state index in [2.05, 4.69) is 79.4 Å². The highest BCUT2D eigenvalue weighted by atomic mass is 127. The van der Waals surface area contributed by atoms with Crippen LogP contribution in [-0.2, 0) is 19.5 Å². The first-order valence-corrected chi connectivity index (χ1v) is 11.7. The molecule has 0 aliphatic carbocycles. The van der Waals surface area contributed by atoms with Crippen molar-refractivity contribution < 1.29 is 0 Å². The van der Waals surface area contributed by atoms with Crippen LogP contribution in [0.4, 0.5) is 0 Å². The van der Waals surface area contributed by atoms with Crippen LogP contribution in [0.15, 0.2) is 41.7 Å². The maximum Gasteiger partial charge on any atom is 0.191 e. The number of guanidine groups is 1. The summed E-state index contributed by atoms with van der Waals surface area (Å²) in [6.07, 6.45) is 3.78. The molecule has 1 fully saturated rings. The minimum Gasteiger partial charge on any atom is -0.357 e. The molecule has 9 heteroatoms. The van der Waals surface area contributed by atoms with Crippen molar-refractivity contribution >= 4 is 29.9 Å². The molecule has 0 saturated carbocycles. The van der Waals surface area contributed by atoms with Gasteiger partial charge in [0.25, 0.3) is 0 Å². The number of piperazine rings is 1. The minimum absolute atomic E-state index is 0. The van der Waals surface area contributed by atoms with Crippen LogP contribution in [0, 0.1) is 0 Å². The fourth-order valence-electron chi connectivity index (χ4n) is 3.87. The smallest absolute Gasteiger partial charge is 0.191 e. The van der Waals surface area contributed by atoms with E-state index in [-0.39, 0.29) is 24.0 Å². The van der Waals surface area contributed by atoms with Gasteiger partial charge in [-0.25, -0.2) is 0 Å². The second-order valence-electron chi connectivity index (χ2n) is 7.94. The highest BCUT2D eigenvalue weighted by Gasteiger charge is 2.16. The van der Waals surface area contributed by atoms with E-state index >= 15 is 0 Å². The van der Waals surface area contributed by atoms with E-state index in [4.69, 9.17) is 4.99 Å². The molecule has 32 heavy (non-hydrogen) atoms. The lowest BCUT2D eigenvalue weighted by Gasteiger charge is -2.34. The molecule has 0 unspecified atom stereocenters. The van der Waals surface area contributed by atoms with Crippen molar-refractivity contribution in [2.45, 2.75) is 39.8 Å². The maximum atomic E-state index is 4.75. The number of halogens is 1. The second kappa shape index (κ2) is 15.2. The average Bonchev–Trinajstić information content (AvgIpc) is 3.26. The van der Waals surface area contributed by atoms with Gasteiger partial charge in [-0.1, -0.05) is 37.3 Å². The monoisotopic (exact) mass is 554 g/mol. The number of nitrogens with zero attached hydrogens (tertiary/aromatic N) is 6. The lowest BCUT2D eigenvalue weighted by Crippen LogP contribution is -2.46. The summed E-state index contributed by atoms with van der Waals surface area (Å²) in [5.74, 6) is 1.91. The highest BCUT2D eigenvalue weighted by molar-refractivity contribution is 14.0. The van der Waals surface area contributed by atoms with Gasteiger partial charge in [-0.05, 0) is 18.9 Å². The number of aromatic nitrogens is 3. The van der Waals surface area contributed by atoms with Crippen molar-refractivity contribution in [2.24, 2.45) is 4.99 Å². The zero-order valence-electron chi connectivity index (χ0n) is 19.5. The Hall–Kier alpha value is -1.72. The van der Waals surface area contributed by atoms with Crippen LogP contribution >= 0.6 is 24.0 Å². The Bertz CT molecular complexity index is 771. The predicted molar refractivity (Wildman–Crippen MR) is 142 cm³/mol. The van der Waals surface area contributed by atoms with Crippen molar-refractivity contribution in [1.29, 1.82) is 0 Å². The van der Waals surface area contributed by atoms with Gasteiger partial charge in [0.1, 0.15) is 12.2 Å². The van der Waals surface area contributed by atoms with E-state index in [0.717, 1.165) is 90.1 Å². The molecule has 2 heterocycles. The van der Waals surface area contributed by atoms with Gasteiger partial charge in [-0.2, -0.15) is 0 Å². The van der Waals surface area contributed by atoms with Crippen molar-refractivity contribution in [1.82, 2.24) is 35.2 Å². The zero-order valence-corrected chi connectivity index (χ0v) is 21.9. The molecule has 1 aliphatic heterocycles. The van der Waals surface area contributed by atoms with Gasteiger partial charge in [-0.15, -0.1) is 34.2 Å². The predicted octanol–water partition coefficient (Wildman–Crippen LogP) is 2.22. The third-order valence-electron chi connectivity index (χ3n) is 5.62. The lowest BCUT2D eigenvalue weighted by atomic mass is 10.2. The van der Waals surface area contributed by atoms with Gasteiger partial charge >= 0.3 is 0 Å². The van der Waals surface area contributed by atoms with Crippen molar-refractivity contribution in [3.63, 3.8) is 0 Å². The number of aryl methyl sites for hydroxylation is 1. The molecule has 0 spiro atoms. The van der Waals surface area contributed by atoms with Crippen LogP contribution in [0.2, 0.25) is 0 Å². The quantitative estimate of drug-likeness (QED) is 0.192. The number of nitrogens with one attached hydrogen (secondary N) is 2. The average molecular weight is 555 g/mol. The molecule has 178 valence electrons. The molecule has 0 atom stereocenters. The minimum atomic E-state index is 0. The van der Waals surface area contributed by atoms with Gasteiger partial charge in [0.05, 0.1) is 0 Å². The molecular weight excluding hydrogens is 515 g/mol. The number of hydrogen-bond donors (Lipinski definition) is 2. The summed E-state index contributed by atoms with van der Waals surface area (Å²) in [4.78, 5) is 9.86. The Morgan fingerprint density at radius 2 is 1.75 bits per heavy atom. The molecule has 1 aromatic carbocycles. The number of hydrogen-bond acceptors (Lipinski definition) is 5. The first-order chi connectivity index (χ1) is 15.3. The van der Waals surface area contributed by atoms with Gasteiger partial charge in [0.2, 0.25) is 0 Å². The normalized spacial score (nSPS) is 15.4. The zero-order chi connectivity index (χ0) is 21.7. The molecule has 1 aromatic heterocycles. The van der Waals surface area contributed by atoms with E-state index < -0.39 is 0 Å². The van der Waals surface area contributed by atoms with Gasteiger partial charge in [-0.3, -0.25) is 9.89 Å². The topological polar surface area (TPSA) is 73.6 Å². The first-order valence-electron chi connectivity index (χ1n) is 11.7. The van der Waals surface area contributed by atoms with Gasteiger partial charge in [0, 0.05) is 71.9 Å². The Labute approximate surface area is 209 Å². The molecule has 1 saturated heterocycles. The number of rotatable bonds is 11. The van der Waals surface area contributed by atoms with Crippen molar-refractivity contribution in [3.05, 3.63) is 48.0 Å². The summed E-state index contributed by atoms with van der Waals surface area (Å²) in [5.41, 5.74) is 1.41. The van der Waals surface area contributed by atoms with E-state index in [1.165, 1.54) is 5.56 Å². The van der Waals surface area contributed by atoms with Crippen molar-refractivity contribution in [2.75, 3.05) is 52.4 Å². The Morgan fingerprint density at radius 3 is 2.47 bits per heavy atom. The fourth-order valence-corrected chi connectivity index (χ4v) is 3.87. The lowest BCUT2D eigenvalue weighted by molar-refractivity contribution is 0.127. The van der Waals surface area contributed by atoms with Crippen LogP contribution in [0.25, 0.3) is 0 Å². The van der Waals surface area contributed by atoms with Crippen LogP contribution in [0.1, 0.15) is 31.7 Å². The summed E-state index contributed by atoms with van der Waals surface area (Å²) in [6.45, 7) is 14.3. The maximum absolute atomic E-state index is 4.75. The van der Waals surface area contributed by atoms with E-state index in [1.807, 2.05) is 0 Å². The Balaban J connectivity index is 0.00000363. The summed E-state index contributed by atoms with van der Waals surface area (Å²) >= 11 is 0. The Morgan fingerprint density at radius 1 is 1.00 bits per heavy atom. The molecular formula is C23H39IN8. The summed E-state index contributed by atoms with van der Waals surface area (Å²) < 4.78 is 2.09. The van der Waals surface area contributed by atoms with E-state index in [0.29, 0.717) is 0 Å². The first kappa shape index (κ1) is 26.5. The summed E-state index contributed by atoms with van der Waals surface area (Å²) in [6, 6.07) is 10.8. The Kier molecular flexibility index (Phi) is 12.6. The molecule has 1 aliphatic rings. The molecule has 0 bridgehead atoms. The molecule has 3 rings (SSSR count). The summed E-state index contributed by atoms with van der Waals surface area (Å²) in [7, 11) is 0. The van der Waals surface area contributed by atoms with Gasteiger partial charge < -0.3 is 20.1 Å². The van der Waals surface area contributed by atoms with Crippen molar-refractivity contribution in [3.8, 4) is 0 Å². The molecule has 8 nitrogen and oxygen atoms in total. The van der Waals surface area contributed by atoms with Crippen LogP contribution in [0.3, 0.4) is 0 Å². The van der Waals surface area contributed by atoms with Crippen LogP contribution in [0.5, 0.6) is 0 Å². The third kappa shape index (κ3) is 9.03. The standard InChI is InChI=1S/C23H38N8.HI/c1-3-22-28-27-20-31(22)14-12-26-23(24-4-2)25-11-8-13-29-15-17-30(18-16-29)19-21-9-6-5-7-10-21;/h5-7,9-10,20H,3-4,8,11-19H2,1-2H3,(H2,24,25,26);1H. The summed E-state index contributed by atoms with van der Waals surface area (Å²) in [5, 5.41) is 14.9.